The lowest BCUT2D eigenvalue weighted by Gasteiger charge is -1.93. The lowest BCUT2D eigenvalue weighted by atomic mass is 10.2. The summed E-state index contributed by atoms with van der Waals surface area (Å²) >= 11 is 0. The molecule has 0 aromatic rings. The van der Waals surface area contributed by atoms with E-state index in [0.29, 0.717) is 12.0 Å². The molecular weight excluding hydrogens is 160 g/mol. The van der Waals surface area contributed by atoms with Gasteiger partial charge in [-0.05, 0) is 18.6 Å². The topological polar surface area (TPSA) is 77.8 Å². The molecule has 0 fully saturated rings. The highest BCUT2D eigenvalue weighted by Gasteiger charge is 2.13. The first-order chi connectivity index (χ1) is 5.61. The van der Waals surface area contributed by atoms with Crippen molar-refractivity contribution in [2.24, 2.45) is 0 Å². The highest BCUT2D eigenvalue weighted by atomic mass is 16.4. The quantitative estimate of drug-likeness (QED) is 0.543. The minimum Gasteiger partial charge on any atom is -0.504 e. The molecule has 3 N–H and O–H groups in total. The summed E-state index contributed by atoms with van der Waals surface area (Å²) in [7, 11) is 0. The minimum absolute atomic E-state index is 0.194. The zero-order valence-electron chi connectivity index (χ0n) is 6.19. The molecule has 1 aliphatic rings. The molecule has 64 valence electrons. The molecular formula is C8H8O4. The summed E-state index contributed by atoms with van der Waals surface area (Å²) in [6.45, 7) is 0. The SMILES string of the molecule is O=C(O)C=CC1=C(O)C(O)=CC1. The molecule has 0 bridgehead atoms. The van der Waals surface area contributed by atoms with Crippen molar-refractivity contribution >= 4 is 5.97 Å². The summed E-state index contributed by atoms with van der Waals surface area (Å²) in [5.74, 6) is -1.52. The van der Waals surface area contributed by atoms with Gasteiger partial charge in [-0.15, -0.1) is 0 Å². The van der Waals surface area contributed by atoms with Crippen LogP contribution in [0.25, 0.3) is 0 Å². The zero-order chi connectivity index (χ0) is 9.14. The molecule has 4 nitrogen and oxygen atoms in total. The maximum atomic E-state index is 10.1. The Bertz CT molecular complexity index is 296. The van der Waals surface area contributed by atoms with E-state index in [4.69, 9.17) is 15.3 Å². The van der Waals surface area contributed by atoms with Crippen LogP contribution in [-0.4, -0.2) is 21.3 Å². The predicted molar refractivity (Wildman–Crippen MR) is 41.8 cm³/mol. The maximum Gasteiger partial charge on any atom is 0.328 e. The number of rotatable bonds is 2. The monoisotopic (exact) mass is 168 g/mol. The van der Waals surface area contributed by atoms with E-state index in [1.807, 2.05) is 0 Å². The van der Waals surface area contributed by atoms with E-state index < -0.39 is 5.97 Å². The van der Waals surface area contributed by atoms with Gasteiger partial charge in [-0.2, -0.15) is 0 Å². The first-order valence-electron chi connectivity index (χ1n) is 3.34. The third-order valence-electron chi connectivity index (χ3n) is 1.49. The van der Waals surface area contributed by atoms with Gasteiger partial charge in [-0.25, -0.2) is 4.79 Å². The van der Waals surface area contributed by atoms with Gasteiger partial charge in [0.15, 0.2) is 11.5 Å². The van der Waals surface area contributed by atoms with Gasteiger partial charge < -0.3 is 15.3 Å². The predicted octanol–water partition coefficient (Wildman–Crippen LogP) is 1.28. The van der Waals surface area contributed by atoms with Crippen molar-refractivity contribution in [3.05, 3.63) is 35.3 Å². The van der Waals surface area contributed by atoms with E-state index in [-0.39, 0.29) is 11.5 Å². The first-order valence-corrected chi connectivity index (χ1v) is 3.34. The van der Waals surface area contributed by atoms with Crippen LogP contribution >= 0.6 is 0 Å². The number of carbonyl (C=O) groups is 1. The Morgan fingerprint density at radius 3 is 2.58 bits per heavy atom. The van der Waals surface area contributed by atoms with E-state index in [0.717, 1.165) is 6.08 Å². The minimum atomic E-state index is -1.08. The highest BCUT2D eigenvalue weighted by molar-refractivity contribution is 5.80. The van der Waals surface area contributed by atoms with Crippen LogP contribution in [0.5, 0.6) is 0 Å². The molecule has 0 aromatic heterocycles. The summed E-state index contributed by atoms with van der Waals surface area (Å²) in [6.07, 6.45) is 3.95. The summed E-state index contributed by atoms with van der Waals surface area (Å²) in [5.41, 5.74) is 0.412. The maximum absolute atomic E-state index is 10.1. The molecule has 0 saturated heterocycles. The Labute approximate surface area is 68.8 Å². The van der Waals surface area contributed by atoms with Gasteiger partial charge in [0, 0.05) is 11.6 Å². The average Bonchev–Trinajstić information content (AvgIpc) is 2.30. The van der Waals surface area contributed by atoms with E-state index in [2.05, 4.69) is 0 Å². The second kappa shape index (κ2) is 3.13. The summed E-state index contributed by atoms with van der Waals surface area (Å²) < 4.78 is 0. The molecule has 0 aliphatic heterocycles. The van der Waals surface area contributed by atoms with Gasteiger partial charge in [-0.3, -0.25) is 0 Å². The third-order valence-corrected chi connectivity index (χ3v) is 1.49. The number of hydrogen-bond donors (Lipinski definition) is 3. The molecule has 12 heavy (non-hydrogen) atoms. The fraction of sp³-hybridized carbons (Fsp3) is 0.125. The second-order valence-electron chi connectivity index (χ2n) is 2.34. The Hall–Kier alpha value is -1.71. The van der Waals surface area contributed by atoms with Gasteiger partial charge >= 0.3 is 5.97 Å². The zero-order valence-corrected chi connectivity index (χ0v) is 6.19. The van der Waals surface area contributed by atoms with Crippen molar-refractivity contribution in [3.63, 3.8) is 0 Å². The lowest BCUT2D eigenvalue weighted by molar-refractivity contribution is -0.131. The molecule has 1 rings (SSSR count). The number of aliphatic carboxylic acids is 1. The number of aliphatic hydroxyl groups excluding tert-OH is 2. The molecule has 0 atom stereocenters. The fourth-order valence-electron chi connectivity index (χ4n) is 0.883. The van der Waals surface area contributed by atoms with Gasteiger partial charge in [0.2, 0.25) is 0 Å². The van der Waals surface area contributed by atoms with Crippen LogP contribution in [0.4, 0.5) is 0 Å². The van der Waals surface area contributed by atoms with Crippen molar-refractivity contribution in [2.45, 2.75) is 6.42 Å². The third kappa shape index (κ3) is 1.66. The number of carboxylic acids is 1. The van der Waals surface area contributed by atoms with Crippen LogP contribution in [0.15, 0.2) is 35.3 Å². The van der Waals surface area contributed by atoms with Crippen LogP contribution in [0.2, 0.25) is 0 Å². The van der Waals surface area contributed by atoms with E-state index in [9.17, 15) is 4.79 Å². The van der Waals surface area contributed by atoms with Gasteiger partial charge in [0.05, 0.1) is 0 Å². The van der Waals surface area contributed by atoms with Gasteiger partial charge in [0.1, 0.15) is 0 Å². The molecule has 0 saturated carbocycles. The smallest absolute Gasteiger partial charge is 0.328 e. The molecule has 0 heterocycles. The molecule has 0 amide bonds. The molecule has 1 aliphatic carbocycles. The van der Waals surface area contributed by atoms with Crippen molar-refractivity contribution < 1.29 is 20.1 Å². The van der Waals surface area contributed by atoms with Crippen molar-refractivity contribution in [1.82, 2.24) is 0 Å². The van der Waals surface area contributed by atoms with Crippen LogP contribution in [0, 0.1) is 0 Å². The van der Waals surface area contributed by atoms with Crippen molar-refractivity contribution in [1.29, 1.82) is 0 Å². The summed E-state index contributed by atoms with van der Waals surface area (Å²) in [6, 6.07) is 0. The number of aliphatic hydroxyl groups is 2. The van der Waals surface area contributed by atoms with E-state index >= 15 is 0 Å². The first kappa shape index (κ1) is 8.39. The standard InChI is InChI=1S/C8H8O4/c9-6-3-1-5(8(6)12)2-4-7(10)11/h2-4,9,12H,1H2,(H,10,11). The summed E-state index contributed by atoms with van der Waals surface area (Å²) in [4.78, 5) is 10.1. The molecule has 4 heteroatoms. The fourth-order valence-corrected chi connectivity index (χ4v) is 0.883. The molecule has 0 aromatic carbocycles. The molecule has 0 spiro atoms. The lowest BCUT2D eigenvalue weighted by Crippen LogP contribution is -1.88. The van der Waals surface area contributed by atoms with E-state index in [1.54, 1.807) is 0 Å². The Kier molecular flexibility index (Phi) is 2.19. The molecule has 0 radical (unpaired) electrons. The normalized spacial score (nSPS) is 17.2. The highest BCUT2D eigenvalue weighted by Crippen LogP contribution is 2.22. The second-order valence-corrected chi connectivity index (χ2v) is 2.34. The molecule has 0 unspecified atom stereocenters. The Morgan fingerprint density at radius 2 is 2.17 bits per heavy atom. The van der Waals surface area contributed by atoms with Crippen LogP contribution < -0.4 is 0 Å². The Balaban J connectivity index is 2.75. The van der Waals surface area contributed by atoms with Gasteiger partial charge in [0.25, 0.3) is 0 Å². The van der Waals surface area contributed by atoms with Gasteiger partial charge in [-0.1, -0.05) is 0 Å². The number of hydrogen-bond acceptors (Lipinski definition) is 3. The summed E-state index contributed by atoms with van der Waals surface area (Å²) in [5, 5.41) is 26.2. The van der Waals surface area contributed by atoms with Crippen molar-refractivity contribution in [3.8, 4) is 0 Å². The number of carboxylic acid groups (broad SMARTS) is 1. The van der Waals surface area contributed by atoms with Crippen LogP contribution in [-0.2, 0) is 4.79 Å². The Morgan fingerprint density at radius 1 is 1.50 bits per heavy atom. The largest absolute Gasteiger partial charge is 0.504 e. The van der Waals surface area contributed by atoms with Crippen LogP contribution in [0.3, 0.4) is 0 Å². The van der Waals surface area contributed by atoms with Crippen LogP contribution in [0.1, 0.15) is 6.42 Å². The van der Waals surface area contributed by atoms with Crippen molar-refractivity contribution in [2.75, 3.05) is 0 Å². The number of allylic oxidation sites excluding steroid dienone is 3. The average molecular weight is 168 g/mol. The van der Waals surface area contributed by atoms with E-state index in [1.165, 1.54) is 12.2 Å².